The summed E-state index contributed by atoms with van der Waals surface area (Å²) in [6.07, 6.45) is 19.9. The molecule has 5 heteroatoms. The molecule has 5 nitrogen and oxygen atoms in total. The fourth-order valence-corrected chi connectivity index (χ4v) is 4.19. The molecule has 0 aromatic rings. The molecule has 1 aliphatic rings. The average molecular weight is 426 g/mol. The molecule has 1 rings (SSSR count). The van der Waals surface area contributed by atoms with E-state index < -0.39 is 0 Å². The number of unbranched alkanes of at least 4 members (excludes halogenated alkanes) is 11. The zero-order chi connectivity index (χ0) is 21.9. The van der Waals surface area contributed by atoms with E-state index in [2.05, 4.69) is 12.2 Å². The van der Waals surface area contributed by atoms with Gasteiger partial charge in [0.25, 0.3) is 0 Å². The number of rotatable bonds is 18. The summed E-state index contributed by atoms with van der Waals surface area (Å²) in [5, 5.41) is 2.93. The van der Waals surface area contributed by atoms with Crippen molar-refractivity contribution < 1.29 is 19.1 Å². The molecule has 1 fully saturated rings. The van der Waals surface area contributed by atoms with Gasteiger partial charge in [-0.25, -0.2) is 0 Å². The molecular formula is C25H47NO4. The van der Waals surface area contributed by atoms with Crippen LogP contribution in [0.2, 0.25) is 0 Å². The molecule has 0 aromatic carbocycles. The summed E-state index contributed by atoms with van der Waals surface area (Å²) in [4.78, 5) is 23.9. The van der Waals surface area contributed by atoms with Crippen LogP contribution in [0.4, 0.5) is 0 Å². The van der Waals surface area contributed by atoms with Crippen molar-refractivity contribution in [1.82, 2.24) is 5.32 Å². The minimum absolute atomic E-state index is 0.00215. The van der Waals surface area contributed by atoms with Crippen LogP contribution in [-0.2, 0) is 19.1 Å². The SMILES string of the molecule is CCCCCCCCCCCCCCNC(=O)CCC(=O)OC1CCCCC1OC. The van der Waals surface area contributed by atoms with Crippen LogP contribution in [0.15, 0.2) is 0 Å². The van der Waals surface area contributed by atoms with Gasteiger partial charge in [-0.3, -0.25) is 9.59 Å². The van der Waals surface area contributed by atoms with Gasteiger partial charge in [-0.2, -0.15) is 0 Å². The van der Waals surface area contributed by atoms with Crippen LogP contribution in [-0.4, -0.2) is 37.7 Å². The predicted molar refractivity (Wildman–Crippen MR) is 122 cm³/mol. The van der Waals surface area contributed by atoms with E-state index in [1.165, 1.54) is 70.6 Å². The van der Waals surface area contributed by atoms with Crippen molar-refractivity contribution in [3.8, 4) is 0 Å². The Hall–Kier alpha value is -1.10. The molecule has 176 valence electrons. The highest BCUT2D eigenvalue weighted by Crippen LogP contribution is 2.23. The lowest BCUT2D eigenvalue weighted by atomic mass is 9.94. The van der Waals surface area contributed by atoms with Crippen LogP contribution >= 0.6 is 0 Å². The minimum atomic E-state index is -0.288. The molecule has 0 aromatic heterocycles. The molecule has 0 bridgehead atoms. The standard InChI is InChI=1S/C25H47NO4/c1-3-4-5-6-7-8-9-10-11-12-13-16-21-26-24(27)19-20-25(28)30-23-18-15-14-17-22(23)29-2/h22-23H,3-21H2,1-2H3,(H,26,27). The van der Waals surface area contributed by atoms with Crippen molar-refractivity contribution in [3.05, 3.63) is 0 Å². The van der Waals surface area contributed by atoms with Crippen molar-refractivity contribution in [2.24, 2.45) is 0 Å². The van der Waals surface area contributed by atoms with Crippen molar-refractivity contribution >= 4 is 11.9 Å². The number of nitrogens with one attached hydrogen (secondary N) is 1. The van der Waals surface area contributed by atoms with Gasteiger partial charge in [0.2, 0.25) is 5.91 Å². The molecule has 0 spiro atoms. The fourth-order valence-electron chi connectivity index (χ4n) is 4.19. The van der Waals surface area contributed by atoms with Gasteiger partial charge >= 0.3 is 5.97 Å². The van der Waals surface area contributed by atoms with Crippen LogP contribution in [0.1, 0.15) is 122 Å². The van der Waals surface area contributed by atoms with Crippen LogP contribution in [0.25, 0.3) is 0 Å². The smallest absolute Gasteiger partial charge is 0.306 e. The summed E-state index contributed by atoms with van der Waals surface area (Å²) < 4.78 is 10.9. The van der Waals surface area contributed by atoms with E-state index in [1.54, 1.807) is 7.11 Å². The zero-order valence-electron chi connectivity index (χ0n) is 19.7. The van der Waals surface area contributed by atoms with Crippen LogP contribution < -0.4 is 5.32 Å². The first-order valence-corrected chi connectivity index (χ1v) is 12.7. The molecule has 2 unspecified atom stereocenters. The molecule has 0 radical (unpaired) electrons. The fraction of sp³-hybridized carbons (Fsp3) is 0.920. The van der Waals surface area contributed by atoms with Crippen molar-refractivity contribution in [2.45, 2.75) is 135 Å². The summed E-state index contributed by atoms with van der Waals surface area (Å²) in [5.74, 6) is -0.341. The van der Waals surface area contributed by atoms with Crippen molar-refractivity contribution in [3.63, 3.8) is 0 Å². The molecule has 1 N–H and O–H groups in total. The predicted octanol–water partition coefficient (Wildman–Crippen LogP) is 6.08. The van der Waals surface area contributed by atoms with E-state index in [0.717, 1.165) is 32.1 Å². The normalized spacial score (nSPS) is 18.9. The third kappa shape index (κ3) is 14.0. The van der Waals surface area contributed by atoms with Crippen LogP contribution in [0.3, 0.4) is 0 Å². The minimum Gasteiger partial charge on any atom is -0.460 e. The number of hydrogen-bond acceptors (Lipinski definition) is 4. The van der Waals surface area contributed by atoms with E-state index >= 15 is 0 Å². The van der Waals surface area contributed by atoms with E-state index in [1.807, 2.05) is 0 Å². The Morgan fingerprint density at radius 2 is 1.30 bits per heavy atom. The number of carbonyl (C=O) groups excluding carboxylic acids is 2. The van der Waals surface area contributed by atoms with Gasteiger partial charge < -0.3 is 14.8 Å². The Labute approximate surface area is 185 Å². The highest BCUT2D eigenvalue weighted by atomic mass is 16.6. The van der Waals surface area contributed by atoms with Gasteiger partial charge in [-0.15, -0.1) is 0 Å². The third-order valence-electron chi connectivity index (χ3n) is 6.14. The number of esters is 1. The first kappa shape index (κ1) is 26.9. The van der Waals surface area contributed by atoms with Gasteiger partial charge in [0.05, 0.1) is 12.5 Å². The average Bonchev–Trinajstić information content (AvgIpc) is 2.76. The molecular weight excluding hydrogens is 378 g/mol. The monoisotopic (exact) mass is 425 g/mol. The summed E-state index contributed by atoms with van der Waals surface area (Å²) in [5.41, 5.74) is 0. The van der Waals surface area contributed by atoms with Gasteiger partial charge in [-0.1, -0.05) is 84.0 Å². The Morgan fingerprint density at radius 3 is 1.87 bits per heavy atom. The molecule has 1 amide bonds. The zero-order valence-corrected chi connectivity index (χ0v) is 19.7. The first-order chi connectivity index (χ1) is 14.7. The lowest BCUT2D eigenvalue weighted by Gasteiger charge is -2.29. The van der Waals surface area contributed by atoms with Gasteiger partial charge in [0, 0.05) is 20.1 Å². The van der Waals surface area contributed by atoms with Crippen molar-refractivity contribution in [1.29, 1.82) is 0 Å². The topological polar surface area (TPSA) is 64.6 Å². The summed E-state index contributed by atoms with van der Waals surface area (Å²) in [7, 11) is 1.67. The maximum absolute atomic E-state index is 12.0. The van der Waals surface area contributed by atoms with Crippen LogP contribution in [0.5, 0.6) is 0 Å². The van der Waals surface area contributed by atoms with E-state index in [-0.39, 0.29) is 36.9 Å². The Bertz CT molecular complexity index is 441. The lowest BCUT2D eigenvalue weighted by Crippen LogP contribution is -2.36. The second kappa shape index (κ2) is 18.7. The number of hydrogen-bond donors (Lipinski definition) is 1. The summed E-state index contributed by atoms with van der Waals surface area (Å²) >= 11 is 0. The maximum atomic E-state index is 12.0. The molecule has 1 saturated carbocycles. The van der Waals surface area contributed by atoms with Gasteiger partial charge in [-0.05, 0) is 25.7 Å². The number of carbonyl (C=O) groups is 2. The summed E-state index contributed by atoms with van der Waals surface area (Å²) in [6.45, 7) is 2.97. The molecule has 1 aliphatic carbocycles. The number of methoxy groups -OCH3 is 1. The van der Waals surface area contributed by atoms with Crippen LogP contribution in [0, 0.1) is 0 Å². The Morgan fingerprint density at radius 1 is 0.767 bits per heavy atom. The molecule has 0 heterocycles. The second-order valence-corrected chi connectivity index (χ2v) is 8.83. The first-order valence-electron chi connectivity index (χ1n) is 12.7. The van der Waals surface area contributed by atoms with E-state index in [0.29, 0.717) is 6.54 Å². The molecule has 0 aliphatic heterocycles. The molecule has 30 heavy (non-hydrogen) atoms. The number of ether oxygens (including phenoxy) is 2. The lowest BCUT2D eigenvalue weighted by molar-refractivity contribution is -0.160. The molecule has 0 saturated heterocycles. The van der Waals surface area contributed by atoms with E-state index in [4.69, 9.17) is 9.47 Å². The Balaban J connectivity index is 1.89. The highest BCUT2D eigenvalue weighted by Gasteiger charge is 2.28. The second-order valence-electron chi connectivity index (χ2n) is 8.83. The highest BCUT2D eigenvalue weighted by molar-refractivity contribution is 5.81. The molecule has 2 atom stereocenters. The number of amides is 1. The van der Waals surface area contributed by atoms with Crippen molar-refractivity contribution in [2.75, 3.05) is 13.7 Å². The largest absolute Gasteiger partial charge is 0.460 e. The van der Waals surface area contributed by atoms with E-state index in [9.17, 15) is 9.59 Å². The quantitative estimate of drug-likeness (QED) is 0.213. The third-order valence-corrected chi connectivity index (χ3v) is 6.14. The maximum Gasteiger partial charge on any atom is 0.306 e. The van der Waals surface area contributed by atoms with Gasteiger partial charge in [0.1, 0.15) is 6.10 Å². The Kier molecular flexibility index (Phi) is 16.7. The van der Waals surface area contributed by atoms with Gasteiger partial charge in [0.15, 0.2) is 0 Å². The summed E-state index contributed by atoms with van der Waals surface area (Å²) in [6, 6.07) is 0.